The molecule has 2 aliphatic heterocycles. The summed E-state index contributed by atoms with van der Waals surface area (Å²) in [6.07, 6.45) is -0.137. The molecule has 0 N–H and O–H groups in total. The fraction of sp³-hybridized carbons (Fsp3) is 0.440. The van der Waals surface area contributed by atoms with Crippen LogP contribution in [0.4, 0.5) is 9.18 Å². The molecule has 2 atom stereocenters. The van der Waals surface area contributed by atoms with Gasteiger partial charge in [-0.1, -0.05) is 23.7 Å². The van der Waals surface area contributed by atoms with Gasteiger partial charge in [-0.05, 0) is 42.0 Å². The normalized spacial score (nSPS) is 20.9. The Hall–Kier alpha value is -2.68. The zero-order valence-corrected chi connectivity index (χ0v) is 19.9. The predicted molar refractivity (Wildman–Crippen MR) is 127 cm³/mol. The molecule has 0 bridgehead atoms. The molecule has 34 heavy (non-hydrogen) atoms. The molecule has 0 spiro atoms. The van der Waals surface area contributed by atoms with Gasteiger partial charge in [0.05, 0.1) is 19.3 Å². The summed E-state index contributed by atoms with van der Waals surface area (Å²) in [7, 11) is 1.67. The molecule has 0 aromatic heterocycles. The fourth-order valence-corrected chi connectivity index (χ4v) is 4.59. The number of nitrogens with zero attached hydrogens (tertiary/aromatic N) is 3. The van der Waals surface area contributed by atoms with Crippen molar-refractivity contribution in [2.75, 3.05) is 53.0 Å². The highest BCUT2D eigenvalue weighted by Crippen LogP contribution is 2.32. The van der Waals surface area contributed by atoms with Gasteiger partial charge in [-0.15, -0.1) is 0 Å². The van der Waals surface area contributed by atoms with E-state index in [0.29, 0.717) is 44.3 Å². The van der Waals surface area contributed by atoms with E-state index in [1.807, 2.05) is 29.2 Å². The Morgan fingerprint density at radius 2 is 1.76 bits per heavy atom. The molecule has 0 saturated carbocycles. The Morgan fingerprint density at radius 1 is 1.09 bits per heavy atom. The van der Waals surface area contributed by atoms with E-state index in [1.165, 1.54) is 29.2 Å². The Balaban J connectivity index is 1.45. The third kappa shape index (κ3) is 6.05. The number of carbonyl (C=O) groups is 2. The maximum atomic E-state index is 13.2. The number of carbonyl (C=O) groups excluding carboxylic acids is 2. The fourth-order valence-electron chi connectivity index (χ4n) is 4.47. The number of ether oxygens (including phenoxy) is 2. The van der Waals surface area contributed by atoms with Crippen molar-refractivity contribution in [2.24, 2.45) is 0 Å². The molecular weight excluding hydrogens is 461 g/mol. The molecule has 9 heteroatoms. The van der Waals surface area contributed by atoms with Crippen molar-refractivity contribution in [1.29, 1.82) is 0 Å². The van der Waals surface area contributed by atoms with Gasteiger partial charge in [-0.2, -0.15) is 0 Å². The lowest BCUT2D eigenvalue weighted by atomic mass is 9.94. The first-order valence-corrected chi connectivity index (χ1v) is 11.8. The standard InChI is InChI=1S/C25H29ClFN3O4/c1-28(25(32)34-21-8-6-20(27)7-9-21)23-17-30(16-22(23)18-2-4-19(26)5-3-18)24(31)10-11-29-12-14-33-15-13-29/h2-9,22-23H,10-17H2,1H3/t22-,23?/m0/s1. The molecule has 2 saturated heterocycles. The van der Waals surface area contributed by atoms with Crippen molar-refractivity contribution in [2.45, 2.75) is 18.4 Å². The second kappa shape index (κ2) is 11.2. The Morgan fingerprint density at radius 3 is 2.44 bits per heavy atom. The van der Waals surface area contributed by atoms with Crippen molar-refractivity contribution in [1.82, 2.24) is 14.7 Å². The van der Waals surface area contributed by atoms with Gasteiger partial charge in [0, 0.05) is 57.1 Å². The van der Waals surface area contributed by atoms with Crippen LogP contribution in [0, 0.1) is 5.82 Å². The van der Waals surface area contributed by atoms with Gasteiger partial charge in [-0.25, -0.2) is 9.18 Å². The number of hydrogen-bond donors (Lipinski definition) is 0. The molecule has 2 heterocycles. The van der Waals surface area contributed by atoms with Crippen LogP contribution < -0.4 is 4.74 Å². The number of rotatable bonds is 6. The predicted octanol–water partition coefficient (Wildman–Crippen LogP) is 3.63. The lowest BCUT2D eigenvalue weighted by Crippen LogP contribution is -2.43. The summed E-state index contributed by atoms with van der Waals surface area (Å²) in [6, 6.07) is 12.5. The topological polar surface area (TPSA) is 62.3 Å². The van der Waals surface area contributed by atoms with Crippen LogP contribution in [0.25, 0.3) is 0 Å². The SMILES string of the molecule is CN(C(=O)Oc1ccc(F)cc1)C1CN(C(=O)CCN2CCOCC2)C[C@H]1c1ccc(Cl)cc1. The van der Waals surface area contributed by atoms with Crippen LogP contribution in [0.15, 0.2) is 48.5 Å². The maximum absolute atomic E-state index is 13.2. The molecule has 1 unspecified atom stereocenters. The van der Waals surface area contributed by atoms with Crippen molar-refractivity contribution in [3.8, 4) is 5.75 Å². The molecule has 2 aliphatic rings. The van der Waals surface area contributed by atoms with Gasteiger partial charge in [0.2, 0.25) is 5.91 Å². The summed E-state index contributed by atoms with van der Waals surface area (Å²) in [5, 5.41) is 0.626. The monoisotopic (exact) mass is 489 g/mol. The number of likely N-dealkylation sites (N-methyl/N-ethyl adjacent to an activating group) is 1. The molecular formula is C25H29ClFN3O4. The van der Waals surface area contributed by atoms with Gasteiger partial charge < -0.3 is 19.3 Å². The van der Waals surface area contributed by atoms with Crippen molar-refractivity contribution >= 4 is 23.6 Å². The van der Waals surface area contributed by atoms with E-state index < -0.39 is 11.9 Å². The largest absolute Gasteiger partial charge is 0.415 e. The number of hydrogen-bond acceptors (Lipinski definition) is 5. The average Bonchev–Trinajstić information content (AvgIpc) is 3.30. The Bertz CT molecular complexity index is 983. The quantitative estimate of drug-likeness (QED) is 0.620. The molecule has 0 radical (unpaired) electrons. The molecule has 182 valence electrons. The van der Waals surface area contributed by atoms with Crippen LogP contribution in [0.2, 0.25) is 5.02 Å². The average molecular weight is 490 g/mol. The minimum atomic E-state index is -0.557. The zero-order chi connectivity index (χ0) is 24.1. The Kier molecular flexibility index (Phi) is 8.03. The van der Waals surface area contributed by atoms with E-state index in [2.05, 4.69) is 4.90 Å². The van der Waals surface area contributed by atoms with E-state index in [1.54, 1.807) is 7.05 Å². The van der Waals surface area contributed by atoms with E-state index in [9.17, 15) is 14.0 Å². The maximum Gasteiger partial charge on any atom is 0.415 e. The van der Waals surface area contributed by atoms with Gasteiger partial charge in [0.1, 0.15) is 11.6 Å². The Labute approximate surface area is 204 Å². The van der Waals surface area contributed by atoms with E-state index in [4.69, 9.17) is 21.1 Å². The van der Waals surface area contributed by atoms with Crippen LogP contribution in [-0.4, -0.2) is 85.7 Å². The van der Waals surface area contributed by atoms with Crippen LogP contribution in [0.3, 0.4) is 0 Å². The van der Waals surface area contributed by atoms with Crippen molar-refractivity contribution < 1.29 is 23.5 Å². The van der Waals surface area contributed by atoms with Crippen LogP contribution in [0.5, 0.6) is 5.75 Å². The molecule has 7 nitrogen and oxygen atoms in total. The van der Waals surface area contributed by atoms with E-state index in [-0.39, 0.29) is 23.6 Å². The van der Waals surface area contributed by atoms with Gasteiger partial charge >= 0.3 is 6.09 Å². The minimum absolute atomic E-state index is 0.0632. The summed E-state index contributed by atoms with van der Waals surface area (Å²) in [5.74, 6) is -0.167. The minimum Gasteiger partial charge on any atom is -0.410 e. The second-order valence-corrected chi connectivity index (χ2v) is 9.10. The number of benzene rings is 2. The lowest BCUT2D eigenvalue weighted by Gasteiger charge is -2.28. The highest BCUT2D eigenvalue weighted by molar-refractivity contribution is 6.30. The van der Waals surface area contributed by atoms with Crippen LogP contribution in [-0.2, 0) is 9.53 Å². The molecule has 0 aliphatic carbocycles. The highest BCUT2D eigenvalue weighted by atomic mass is 35.5. The molecule has 2 amide bonds. The number of amides is 2. The van der Waals surface area contributed by atoms with Crippen LogP contribution >= 0.6 is 11.6 Å². The smallest absolute Gasteiger partial charge is 0.410 e. The van der Waals surface area contributed by atoms with Crippen molar-refractivity contribution in [3.05, 3.63) is 64.9 Å². The molecule has 4 rings (SSSR count). The molecule has 2 fully saturated rings. The third-order valence-corrected chi connectivity index (χ3v) is 6.74. The number of morpholine rings is 1. The lowest BCUT2D eigenvalue weighted by molar-refractivity contribution is -0.130. The van der Waals surface area contributed by atoms with E-state index in [0.717, 1.165) is 18.7 Å². The summed E-state index contributed by atoms with van der Waals surface area (Å²) < 4.78 is 24.0. The third-order valence-electron chi connectivity index (χ3n) is 6.49. The number of halogens is 2. The zero-order valence-electron chi connectivity index (χ0n) is 19.2. The number of likely N-dealkylation sites (tertiary alicyclic amines) is 1. The molecule has 2 aromatic rings. The van der Waals surface area contributed by atoms with Crippen LogP contribution in [0.1, 0.15) is 17.9 Å². The highest BCUT2D eigenvalue weighted by Gasteiger charge is 2.40. The first-order chi connectivity index (χ1) is 16.4. The summed E-state index contributed by atoms with van der Waals surface area (Å²) in [4.78, 5) is 31.5. The first-order valence-electron chi connectivity index (χ1n) is 11.4. The van der Waals surface area contributed by atoms with Gasteiger partial charge in [-0.3, -0.25) is 9.69 Å². The summed E-state index contributed by atoms with van der Waals surface area (Å²) in [5.41, 5.74) is 0.999. The summed E-state index contributed by atoms with van der Waals surface area (Å²) >= 11 is 6.07. The van der Waals surface area contributed by atoms with E-state index >= 15 is 0 Å². The van der Waals surface area contributed by atoms with Crippen molar-refractivity contribution in [3.63, 3.8) is 0 Å². The second-order valence-electron chi connectivity index (χ2n) is 8.66. The first kappa shape index (κ1) is 24.4. The summed E-state index contributed by atoms with van der Waals surface area (Å²) in [6.45, 7) is 4.66. The van der Waals surface area contributed by atoms with Gasteiger partial charge in [0.15, 0.2) is 0 Å². The van der Waals surface area contributed by atoms with Gasteiger partial charge in [0.25, 0.3) is 0 Å². The molecule has 2 aromatic carbocycles.